The quantitative estimate of drug-likeness (QED) is 0.500. The zero-order valence-electron chi connectivity index (χ0n) is 19.7. The highest BCUT2D eigenvalue weighted by atomic mass is 32.2. The summed E-state index contributed by atoms with van der Waals surface area (Å²) in [5, 5.41) is 6.14. The first-order chi connectivity index (χ1) is 16.9. The van der Waals surface area contributed by atoms with E-state index in [0.717, 1.165) is 24.8 Å². The number of hydrogen-bond acceptors (Lipinski definition) is 5. The minimum atomic E-state index is -3.81. The Morgan fingerprint density at radius 2 is 1.71 bits per heavy atom. The first-order valence-electron chi connectivity index (χ1n) is 12.0. The molecule has 1 fully saturated rings. The van der Waals surface area contributed by atoms with E-state index in [9.17, 15) is 13.2 Å². The Morgan fingerprint density at radius 3 is 2.49 bits per heavy atom. The van der Waals surface area contributed by atoms with Gasteiger partial charge in [-0.05, 0) is 48.9 Å². The summed E-state index contributed by atoms with van der Waals surface area (Å²) in [6, 6.07) is 20.3. The molecule has 2 N–H and O–H groups in total. The molecule has 0 saturated carbocycles. The second-order valence-corrected chi connectivity index (χ2v) is 11.1. The number of nitrogens with one attached hydrogen (secondary N) is 2. The van der Waals surface area contributed by atoms with Crippen LogP contribution in [0, 0.1) is 5.92 Å². The van der Waals surface area contributed by atoms with E-state index in [0.29, 0.717) is 48.4 Å². The molecule has 8 heteroatoms. The lowest BCUT2D eigenvalue weighted by atomic mass is 10.0. The molecule has 3 aromatic rings. The summed E-state index contributed by atoms with van der Waals surface area (Å²) >= 11 is 0. The number of anilines is 2. The Hall–Kier alpha value is -3.36. The third-order valence-electron chi connectivity index (χ3n) is 6.61. The van der Waals surface area contributed by atoms with Gasteiger partial charge < -0.3 is 15.4 Å². The van der Waals surface area contributed by atoms with Crippen molar-refractivity contribution in [3.63, 3.8) is 0 Å². The van der Waals surface area contributed by atoms with E-state index < -0.39 is 15.9 Å². The number of rotatable bonds is 6. The number of hydrogen-bond donors (Lipinski definition) is 2. The molecule has 35 heavy (non-hydrogen) atoms. The summed E-state index contributed by atoms with van der Waals surface area (Å²) in [5.74, 6) is 0.926. The fourth-order valence-electron chi connectivity index (χ4n) is 4.49. The summed E-state index contributed by atoms with van der Waals surface area (Å²) in [6.07, 6.45) is 2.36. The molecule has 0 atom stereocenters. The van der Waals surface area contributed by atoms with Crippen LogP contribution in [0.25, 0.3) is 0 Å². The normalized spacial score (nSPS) is 16.4. The van der Waals surface area contributed by atoms with Crippen molar-refractivity contribution in [1.82, 2.24) is 4.31 Å². The van der Waals surface area contributed by atoms with Crippen LogP contribution in [0.15, 0.2) is 71.6 Å². The molecular formula is C27H29N3O4S. The van der Waals surface area contributed by atoms with Gasteiger partial charge in [-0.15, -0.1) is 0 Å². The monoisotopic (exact) mass is 491 g/mol. The maximum Gasteiger partial charge on any atom is 0.259 e. The van der Waals surface area contributed by atoms with Crippen LogP contribution in [-0.2, 0) is 16.4 Å². The van der Waals surface area contributed by atoms with Crippen LogP contribution >= 0.6 is 0 Å². The van der Waals surface area contributed by atoms with Gasteiger partial charge in [-0.25, -0.2) is 8.42 Å². The average molecular weight is 492 g/mol. The number of nitrogens with zero attached hydrogens (tertiary/aromatic N) is 1. The van der Waals surface area contributed by atoms with Gasteiger partial charge in [0.15, 0.2) is 5.75 Å². The highest BCUT2D eigenvalue weighted by molar-refractivity contribution is 7.89. The van der Waals surface area contributed by atoms with Crippen LogP contribution in [0.3, 0.4) is 0 Å². The maximum absolute atomic E-state index is 13.8. The third-order valence-corrected chi connectivity index (χ3v) is 8.55. The van der Waals surface area contributed by atoms with Crippen molar-refractivity contribution in [1.29, 1.82) is 0 Å². The number of sulfonamides is 1. The lowest BCUT2D eigenvalue weighted by molar-refractivity contribution is 0.102. The highest BCUT2D eigenvalue weighted by Gasteiger charge is 2.33. The molecule has 2 aliphatic rings. The van der Waals surface area contributed by atoms with Gasteiger partial charge in [0.2, 0.25) is 10.0 Å². The van der Waals surface area contributed by atoms with E-state index in [2.05, 4.69) is 17.6 Å². The third kappa shape index (κ3) is 4.90. The maximum atomic E-state index is 13.8. The van der Waals surface area contributed by atoms with Gasteiger partial charge in [0.25, 0.3) is 5.91 Å². The standard InChI is InChI=1S/C27H29N3O4S/c1-19-12-15-30(16-13-19)35(32,33)26-17-21-25(34-24-10-6-5-9-22(24)29-27(21)31)18-23(26)28-14-11-20-7-3-2-4-8-20/h2-10,17-19,28H,11-16H2,1H3,(H,29,31). The Labute approximate surface area is 206 Å². The lowest BCUT2D eigenvalue weighted by Crippen LogP contribution is -2.38. The number of ether oxygens (including phenoxy) is 1. The topological polar surface area (TPSA) is 87.7 Å². The SMILES string of the molecule is CC1CCN(S(=O)(=O)c2cc3c(cc2NCCc2ccccc2)Oc2ccccc2NC3=O)CC1. The summed E-state index contributed by atoms with van der Waals surface area (Å²) in [4.78, 5) is 13.2. The van der Waals surface area contributed by atoms with Gasteiger partial charge in [-0.1, -0.05) is 49.4 Å². The van der Waals surface area contributed by atoms with E-state index in [4.69, 9.17) is 4.74 Å². The summed E-state index contributed by atoms with van der Waals surface area (Å²) in [5.41, 5.74) is 2.32. The molecule has 0 unspecified atom stereocenters. The molecule has 2 aliphatic heterocycles. The van der Waals surface area contributed by atoms with Crippen molar-refractivity contribution in [3.05, 3.63) is 77.9 Å². The molecule has 0 bridgehead atoms. The zero-order chi connectivity index (χ0) is 24.4. The van der Waals surface area contributed by atoms with Gasteiger partial charge in [0.05, 0.1) is 16.9 Å². The van der Waals surface area contributed by atoms with Gasteiger partial charge >= 0.3 is 0 Å². The minimum Gasteiger partial charge on any atom is -0.454 e. The van der Waals surface area contributed by atoms with E-state index in [1.54, 1.807) is 18.2 Å². The van der Waals surface area contributed by atoms with E-state index >= 15 is 0 Å². The lowest BCUT2D eigenvalue weighted by Gasteiger charge is -2.30. The Kier molecular flexibility index (Phi) is 6.49. The van der Waals surface area contributed by atoms with Crippen LogP contribution < -0.4 is 15.4 Å². The Balaban J connectivity index is 1.52. The fourth-order valence-corrected chi connectivity index (χ4v) is 6.14. The molecule has 1 saturated heterocycles. The van der Waals surface area contributed by atoms with Gasteiger partial charge in [-0.2, -0.15) is 4.31 Å². The van der Waals surface area contributed by atoms with Crippen LogP contribution in [0.2, 0.25) is 0 Å². The first-order valence-corrected chi connectivity index (χ1v) is 13.4. The average Bonchev–Trinajstić information content (AvgIpc) is 2.99. The smallest absolute Gasteiger partial charge is 0.259 e. The van der Waals surface area contributed by atoms with Gasteiger partial charge in [-0.3, -0.25) is 4.79 Å². The molecule has 3 aromatic carbocycles. The van der Waals surface area contributed by atoms with Gasteiger partial charge in [0.1, 0.15) is 10.6 Å². The predicted molar refractivity (Wildman–Crippen MR) is 137 cm³/mol. The molecule has 0 aliphatic carbocycles. The first kappa shape index (κ1) is 23.4. The number of amides is 1. The van der Waals surface area contributed by atoms with E-state index in [1.807, 2.05) is 42.5 Å². The Morgan fingerprint density at radius 1 is 1.00 bits per heavy atom. The van der Waals surface area contributed by atoms with Crippen molar-refractivity contribution in [2.75, 3.05) is 30.3 Å². The molecule has 1 amide bonds. The summed E-state index contributed by atoms with van der Waals surface area (Å²) in [6.45, 7) is 3.61. The van der Waals surface area contributed by atoms with E-state index in [1.165, 1.54) is 10.4 Å². The highest BCUT2D eigenvalue weighted by Crippen LogP contribution is 2.40. The van der Waals surface area contributed by atoms with Crippen LogP contribution in [0.5, 0.6) is 11.5 Å². The number of para-hydroxylation sites is 2. The number of carbonyl (C=O) groups is 1. The molecule has 182 valence electrons. The number of piperidine rings is 1. The molecular weight excluding hydrogens is 462 g/mol. The molecule has 0 aromatic heterocycles. The Bertz CT molecular complexity index is 1330. The van der Waals surface area contributed by atoms with Crippen molar-refractivity contribution >= 4 is 27.3 Å². The van der Waals surface area contributed by atoms with Crippen LogP contribution in [0.4, 0.5) is 11.4 Å². The number of fused-ring (bicyclic) bond motifs is 2. The summed E-state index contributed by atoms with van der Waals surface area (Å²) < 4.78 is 35.1. The molecule has 5 rings (SSSR count). The zero-order valence-corrected chi connectivity index (χ0v) is 20.5. The largest absolute Gasteiger partial charge is 0.454 e. The predicted octanol–water partition coefficient (Wildman–Crippen LogP) is 5.12. The molecule has 0 spiro atoms. The van der Waals surface area contributed by atoms with Crippen LogP contribution in [0.1, 0.15) is 35.7 Å². The molecule has 7 nitrogen and oxygen atoms in total. The second kappa shape index (κ2) is 9.71. The number of carbonyl (C=O) groups excluding carboxylic acids is 1. The van der Waals surface area contributed by atoms with Gasteiger partial charge in [0, 0.05) is 25.7 Å². The van der Waals surface area contributed by atoms with Crippen molar-refractivity contribution in [3.8, 4) is 11.5 Å². The van der Waals surface area contributed by atoms with Crippen molar-refractivity contribution in [2.45, 2.75) is 31.1 Å². The van der Waals surface area contributed by atoms with Crippen molar-refractivity contribution in [2.24, 2.45) is 5.92 Å². The fraction of sp³-hybridized carbons (Fsp3) is 0.296. The summed E-state index contributed by atoms with van der Waals surface area (Å²) in [7, 11) is -3.81. The van der Waals surface area contributed by atoms with Crippen molar-refractivity contribution < 1.29 is 17.9 Å². The minimum absolute atomic E-state index is 0.101. The number of benzene rings is 3. The second-order valence-electron chi connectivity index (χ2n) is 9.15. The molecule has 0 radical (unpaired) electrons. The molecule has 2 heterocycles. The van der Waals surface area contributed by atoms with E-state index in [-0.39, 0.29) is 10.5 Å². The van der Waals surface area contributed by atoms with Crippen LogP contribution in [-0.4, -0.2) is 38.3 Å².